The number of ether oxygens (including phenoxy) is 1. The summed E-state index contributed by atoms with van der Waals surface area (Å²) in [5, 5.41) is 5.69. The Bertz CT molecular complexity index is 856. The third-order valence-corrected chi connectivity index (χ3v) is 4.64. The Labute approximate surface area is 157 Å². The van der Waals surface area contributed by atoms with Crippen LogP contribution >= 0.6 is 11.3 Å². The summed E-state index contributed by atoms with van der Waals surface area (Å²) in [5.41, 5.74) is 1.74. The van der Waals surface area contributed by atoms with E-state index in [2.05, 4.69) is 10.3 Å². The summed E-state index contributed by atoms with van der Waals surface area (Å²) in [5.74, 6) is 1.46. The molecule has 0 radical (unpaired) electrons. The molecule has 0 aliphatic heterocycles. The van der Waals surface area contributed by atoms with Crippen LogP contribution in [0.25, 0.3) is 10.8 Å². The van der Waals surface area contributed by atoms with E-state index < -0.39 is 0 Å². The topological polar surface area (TPSA) is 64.4 Å². The smallest absolute Gasteiger partial charge is 0.226 e. The van der Waals surface area contributed by atoms with Crippen molar-refractivity contribution < 1.29 is 13.9 Å². The molecule has 0 aliphatic rings. The van der Waals surface area contributed by atoms with E-state index >= 15 is 0 Å². The van der Waals surface area contributed by atoms with Crippen molar-refractivity contribution in [2.75, 3.05) is 0 Å². The Kier molecular flexibility index (Phi) is 5.73. The second-order valence-corrected chi connectivity index (χ2v) is 7.18. The van der Waals surface area contributed by atoms with Crippen molar-refractivity contribution in [1.82, 2.24) is 10.3 Å². The minimum atomic E-state index is -0.110. The summed E-state index contributed by atoms with van der Waals surface area (Å²) in [6.45, 7) is 5.94. The van der Waals surface area contributed by atoms with Crippen LogP contribution in [0.3, 0.4) is 0 Å². The predicted molar refractivity (Wildman–Crippen MR) is 102 cm³/mol. The van der Waals surface area contributed by atoms with E-state index in [1.54, 1.807) is 6.26 Å². The highest BCUT2D eigenvalue weighted by molar-refractivity contribution is 7.13. The molecule has 1 atom stereocenters. The number of carbonyl (C=O) groups is 1. The summed E-state index contributed by atoms with van der Waals surface area (Å²) in [6, 6.07) is 11.4. The van der Waals surface area contributed by atoms with Crippen molar-refractivity contribution >= 4 is 17.2 Å². The highest BCUT2D eigenvalue weighted by Crippen LogP contribution is 2.24. The molecular formula is C20H22N2O3S. The largest absolute Gasteiger partial charge is 0.491 e. The Balaban J connectivity index is 1.59. The number of amides is 1. The van der Waals surface area contributed by atoms with Crippen molar-refractivity contribution in [3.05, 3.63) is 59.3 Å². The minimum absolute atomic E-state index is 0.0658. The van der Waals surface area contributed by atoms with Crippen LogP contribution in [0.5, 0.6) is 5.75 Å². The normalized spacial score (nSPS) is 12.2. The van der Waals surface area contributed by atoms with Crippen LogP contribution in [0.1, 0.15) is 38.1 Å². The maximum Gasteiger partial charge on any atom is 0.226 e. The molecule has 0 saturated carbocycles. The molecule has 5 nitrogen and oxygen atoms in total. The van der Waals surface area contributed by atoms with Gasteiger partial charge in [0.2, 0.25) is 5.91 Å². The average Bonchev–Trinajstić information content (AvgIpc) is 3.25. The molecule has 26 heavy (non-hydrogen) atoms. The Hall–Kier alpha value is -2.60. The van der Waals surface area contributed by atoms with Crippen molar-refractivity contribution in [2.24, 2.45) is 0 Å². The quantitative estimate of drug-likeness (QED) is 0.660. The van der Waals surface area contributed by atoms with Crippen molar-refractivity contribution in [1.29, 1.82) is 0 Å². The van der Waals surface area contributed by atoms with E-state index in [1.807, 2.05) is 62.5 Å². The Morgan fingerprint density at radius 3 is 2.85 bits per heavy atom. The van der Waals surface area contributed by atoms with Crippen LogP contribution in [0, 0.1) is 0 Å². The zero-order valence-electron chi connectivity index (χ0n) is 15.1. The van der Waals surface area contributed by atoms with Crippen molar-refractivity contribution in [3.63, 3.8) is 0 Å². The number of benzene rings is 1. The lowest BCUT2D eigenvalue weighted by Gasteiger charge is -2.16. The van der Waals surface area contributed by atoms with Crippen LogP contribution in [0.4, 0.5) is 0 Å². The van der Waals surface area contributed by atoms with Crippen LogP contribution < -0.4 is 10.1 Å². The molecule has 1 N–H and O–H groups in total. The van der Waals surface area contributed by atoms with Crippen molar-refractivity contribution in [2.45, 2.75) is 39.3 Å². The molecule has 0 aliphatic carbocycles. The molecule has 0 saturated heterocycles. The van der Waals surface area contributed by atoms with E-state index in [0.717, 1.165) is 27.8 Å². The molecule has 3 rings (SSSR count). The van der Waals surface area contributed by atoms with Crippen LogP contribution in [-0.2, 0) is 11.2 Å². The van der Waals surface area contributed by atoms with Gasteiger partial charge in [-0.15, -0.1) is 11.3 Å². The third kappa shape index (κ3) is 4.73. The van der Waals surface area contributed by atoms with Crippen LogP contribution in [-0.4, -0.2) is 17.0 Å². The van der Waals surface area contributed by atoms with Crippen LogP contribution in [0.2, 0.25) is 0 Å². The molecule has 1 aromatic carbocycles. The highest BCUT2D eigenvalue weighted by atomic mass is 32.1. The number of nitrogens with one attached hydrogen (secondary N) is 1. The maximum atomic E-state index is 12.4. The summed E-state index contributed by atoms with van der Waals surface area (Å²) in [4.78, 5) is 16.8. The van der Waals surface area contributed by atoms with Gasteiger partial charge in [-0.3, -0.25) is 4.79 Å². The van der Waals surface area contributed by atoms with Gasteiger partial charge in [0, 0.05) is 5.38 Å². The summed E-state index contributed by atoms with van der Waals surface area (Å²) in [6.07, 6.45) is 1.97. The van der Waals surface area contributed by atoms with Gasteiger partial charge in [0.25, 0.3) is 0 Å². The lowest BCUT2D eigenvalue weighted by Crippen LogP contribution is -2.28. The molecule has 3 aromatic rings. The van der Waals surface area contributed by atoms with E-state index in [9.17, 15) is 4.79 Å². The minimum Gasteiger partial charge on any atom is -0.491 e. The van der Waals surface area contributed by atoms with Gasteiger partial charge in [-0.2, -0.15) is 0 Å². The van der Waals surface area contributed by atoms with Gasteiger partial charge < -0.3 is 14.5 Å². The molecule has 0 bridgehead atoms. The fourth-order valence-electron chi connectivity index (χ4n) is 2.57. The first-order valence-corrected chi connectivity index (χ1v) is 9.43. The number of furan rings is 1. The fraction of sp³-hybridized carbons (Fsp3) is 0.300. The number of hydrogen-bond donors (Lipinski definition) is 1. The van der Waals surface area contributed by atoms with Gasteiger partial charge in [-0.1, -0.05) is 12.1 Å². The molecule has 2 heterocycles. The zero-order valence-corrected chi connectivity index (χ0v) is 15.9. The van der Waals surface area contributed by atoms with E-state index in [-0.39, 0.29) is 24.5 Å². The first-order chi connectivity index (χ1) is 12.5. The first kappa shape index (κ1) is 18.2. The van der Waals surface area contributed by atoms with E-state index in [4.69, 9.17) is 9.15 Å². The van der Waals surface area contributed by atoms with Crippen molar-refractivity contribution in [3.8, 4) is 16.5 Å². The number of carbonyl (C=O) groups excluding carboxylic acids is 1. The molecule has 2 aromatic heterocycles. The van der Waals surface area contributed by atoms with Gasteiger partial charge >= 0.3 is 0 Å². The number of nitrogens with zero attached hydrogens (tertiary/aromatic N) is 1. The monoisotopic (exact) mass is 370 g/mol. The van der Waals surface area contributed by atoms with E-state index in [1.165, 1.54) is 11.3 Å². The Morgan fingerprint density at radius 2 is 2.12 bits per heavy atom. The molecule has 6 heteroatoms. The van der Waals surface area contributed by atoms with Gasteiger partial charge in [0.15, 0.2) is 10.8 Å². The highest BCUT2D eigenvalue weighted by Gasteiger charge is 2.14. The molecule has 1 unspecified atom stereocenters. The molecule has 0 spiro atoms. The second kappa shape index (κ2) is 8.19. The number of rotatable bonds is 7. The average molecular weight is 370 g/mol. The predicted octanol–water partition coefficient (Wildman–Crippen LogP) is 4.61. The number of thiazole rings is 1. The molecule has 0 fully saturated rings. The maximum absolute atomic E-state index is 12.4. The second-order valence-electron chi connectivity index (χ2n) is 6.33. The zero-order chi connectivity index (χ0) is 18.5. The number of aromatic nitrogens is 1. The molecule has 1 amide bonds. The molecule has 136 valence electrons. The van der Waals surface area contributed by atoms with Gasteiger partial charge in [0.1, 0.15) is 5.75 Å². The fourth-order valence-corrected chi connectivity index (χ4v) is 3.36. The first-order valence-electron chi connectivity index (χ1n) is 8.55. The SMILES string of the molecule is CC(C)Oc1cccc(C(C)NC(=O)Cc2csc(-c3ccco3)n2)c1. The lowest BCUT2D eigenvalue weighted by atomic mass is 10.1. The lowest BCUT2D eigenvalue weighted by molar-refractivity contribution is -0.121. The number of hydrogen-bond acceptors (Lipinski definition) is 5. The summed E-state index contributed by atoms with van der Waals surface area (Å²) in [7, 11) is 0. The van der Waals surface area contributed by atoms with Gasteiger partial charge in [-0.25, -0.2) is 4.98 Å². The Morgan fingerprint density at radius 1 is 1.27 bits per heavy atom. The standard InChI is InChI=1S/C20H22N2O3S/c1-13(2)25-17-7-4-6-15(10-17)14(3)21-19(23)11-16-12-26-20(22-16)18-8-5-9-24-18/h4-10,12-14H,11H2,1-3H3,(H,21,23). The van der Waals surface area contributed by atoms with Gasteiger partial charge in [-0.05, 0) is 50.6 Å². The third-order valence-electron chi connectivity index (χ3n) is 3.73. The van der Waals surface area contributed by atoms with Crippen LogP contribution in [0.15, 0.2) is 52.5 Å². The summed E-state index contributed by atoms with van der Waals surface area (Å²) < 4.78 is 11.0. The summed E-state index contributed by atoms with van der Waals surface area (Å²) >= 11 is 1.47. The van der Waals surface area contributed by atoms with Gasteiger partial charge in [0.05, 0.1) is 30.5 Å². The van der Waals surface area contributed by atoms with E-state index in [0.29, 0.717) is 0 Å². The molecular weight excluding hydrogens is 348 g/mol.